The van der Waals surface area contributed by atoms with Gasteiger partial charge in [0.2, 0.25) is 0 Å². The van der Waals surface area contributed by atoms with Crippen molar-refractivity contribution in [3.05, 3.63) is 12.3 Å². The molecular weight excluding hydrogens is 112 g/mol. The maximum atomic E-state index is 3.30. The van der Waals surface area contributed by atoms with Crippen molar-refractivity contribution in [2.24, 2.45) is 0 Å². The third-order valence-electron chi connectivity index (χ3n) is 1.51. The molecule has 0 aromatic rings. The van der Waals surface area contributed by atoms with Crippen molar-refractivity contribution in [3.63, 3.8) is 0 Å². The minimum Gasteiger partial charge on any atom is -0.375 e. The Labute approximate surface area is 56.5 Å². The molecule has 0 spiro atoms. The summed E-state index contributed by atoms with van der Waals surface area (Å²) in [6.07, 6.45) is 4.24. The second kappa shape index (κ2) is 3.51. The van der Waals surface area contributed by atoms with Crippen LogP contribution in [0.2, 0.25) is 0 Å². The Bertz CT molecular complexity index is 93.1. The fraction of sp³-hybridized carbons (Fsp3) is 0.714. The number of hydrogen-bond acceptors (Lipinski definition) is 2. The van der Waals surface area contributed by atoms with E-state index in [4.69, 9.17) is 0 Å². The zero-order valence-corrected chi connectivity index (χ0v) is 5.93. The van der Waals surface area contributed by atoms with E-state index in [0.29, 0.717) is 0 Å². The van der Waals surface area contributed by atoms with Gasteiger partial charge in [-0.25, -0.2) is 0 Å². The first-order valence-electron chi connectivity index (χ1n) is 3.51. The lowest BCUT2D eigenvalue weighted by Crippen LogP contribution is -2.40. The van der Waals surface area contributed by atoms with Crippen LogP contribution in [0.4, 0.5) is 0 Å². The highest BCUT2D eigenvalue weighted by atomic mass is 15.2. The zero-order valence-electron chi connectivity index (χ0n) is 5.93. The number of allylic oxidation sites excluding steroid dienone is 1. The molecule has 2 heteroatoms. The van der Waals surface area contributed by atoms with Gasteiger partial charge in [-0.15, -0.1) is 0 Å². The Morgan fingerprint density at radius 2 is 2.00 bits per heavy atom. The molecule has 52 valence electrons. The van der Waals surface area contributed by atoms with Crippen molar-refractivity contribution in [3.8, 4) is 0 Å². The van der Waals surface area contributed by atoms with E-state index in [0.717, 1.165) is 26.2 Å². The normalized spacial score (nSPS) is 21.2. The molecule has 0 unspecified atom stereocenters. The first-order valence-corrected chi connectivity index (χ1v) is 3.51. The molecule has 0 aromatic heterocycles. The minimum absolute atomic E-state index is 1.13. The molecule has 1 saturated heterocycles. The summed E-state index contributed by atoms with van der Waals surface area (Å²) in [4.78, 5) is 2.33. The van der Waals surface area contributed by atoms with E-state index >= 15 is 0 Å². The van der Waals surface area contributed by atoms with E-state index in [9.17, 15) is 0 Å². The Morgan fingerprint density at radius 1 is 1.33 bits per heavy atom. The van der Waals surface area contributed by atoms with Crippen molar-refractivity contribution >= 4 is 0 Å². The molecule has 0 aromatic carbocycles. The number of nitrogens with zero attached hydrogens (tertiary/aromatic N) is 1. The fourth-order valence-corrected chi connectivity index (χ4v) is 1.04. The van der Waals surface area contributed by atoms with Crippen LogP contribution in [0.15, 0.2) is 12.3 Å². The molecule has 0 bridgehead atoms. The smallest absolute Gasteiger partial charge is 0.0298 e. The van der Waals surface area contributed by atoms with Crippen LogP contribution in [0.5, 0.6) is 0 Å². The number of piperazine rings is 1. The Morgan fingerprint density at radius 3 is 2.56 bits per heavy atom. The van der Waals surface area contributed by atoms with Crippen molar-refractivity contribution in [2.75, 3.05) is 26.2 Å². The molecule has 0 aliphatic carbocycles. The van der Waals surface area contributed by atoms with Gasteiger partial charge in [-0.2, -0.15) is 0 Å². The van der Waals surface area contributed by atoms with Gasteiger partial charge >= 0.3 is 0 Å². The number of nitrogens with one attached hydrogen (secondary N) is 1. The van der Waals surface area contributed by atoms with Gasteiger partial charge in [0.25, 0.3) is 0 Å². The van der Waals surface area contributed by atoms with Gasteiger partial charge in [-0.1, -0.05) is 6.08 Å². The average molecular weight is 126 g/mol. The monoisotopic (exact) mass is 126 g/mol. The first-order chi connectivity index (χ1) is 4.43. The Kier molecular flexibility index (Phi) is 2.58. The molecule has 1 heterocycles. The van der Waals surface area contributed by atoms with Crippen molar-refractivity contribution in [1.29, 1.82) is 0 Å². The average Bonchev–Trinajstić information content (AvgIpc) is 1.91. The van der Waals surface area contributed by atoms with Gasteiger partial charge in [0.1, 0.15) is 0 Å². The molecule has 0 radical (unpaired) electrons. The molecule has 9 heavy (non-hydrogen) atoms. The Hall–Kier alpha value is -0.500. The van der Waals surface area contributed by atoms with E-state index in [1.165, 1.54) is 0 Å². The minimum atomic E-state index is 1.13. The molecule has 1 aliphatic rings. The lowest BCUT2D eigenvalue weighted by Gasteiger charge is -2.25. The molecule has 0 amide bonds. The van der Waals surface area contributed by atoms with Gasteiger partial charge in [0.15, 0.2) is 0 Å². The maximum absolute atomic E-state index is 3.30. The van der Waals surface area contributed by atoms with Gasteiger partial charge in [-0.05, 0) is 13.1 Å². The van der Waals surface area contributed by atoms with E-state index < -0.39 is 0 Å². The summed E-state index contributed by atoms with van der Waals surface area (Å²) >= 11 is 0. The van der Waals surface area contributed by atoms with Gasteiger partial charge in [-0.3, -0.25) is 0 Å². The van der Waals surface area contributed by atoms with Crippen LogP contribution in [-0.4, -0.2) is 31.1 Å². The number of hydrogen-bond donors (Lipinski definition) is 1. The van der Waals surface area contributed by atoms with Crippen LogP contribution in [0.1, 0.15) is 6.92 Å². The van der Waals surface area contributed by atoms with Crippen molar-refractivity contribution < 1.29 is 0 Å². The standard InChI is InChI=1S/C7H14N2/c1-2-5-9-6-3-8-4-7-9/h2,5,8H,3-4,6-7H2,1H3/b5-2-. The SMILES string of the molecule is C/C=C\N1CCNCC1. The molecule has 1 aliphatic heterocycles. The van der Waals surface area contributed by atoms with E-state index in [2.05, 4.69) is 29.4 Å². The molecule has 0 atom stereocenters. The summed E-state index contributed by atoms with van der Waals surface area (Å²) < 4.78 is 0. The molecule has 0 saturated carbocycles. The van der Waals surface area contributed by atoms with Crippen LogP contribution in [0.25, 0.3) is 0 Å². The van der Waals surface area contributed by atoms with Gasteiger partial charge < -0.3 is 10.2 Å². The zero-order chi connectivity index (χ0) is 6.53. The third kappa shape index (κ3) is 2.06. The van der Waals surface area contributed by atoms with E-state index in [1.807, 2.05) is 0 Å². The van der Waals surface area contributed by atoms with Crippen LogP contribution in [0, 0.1) is 0 Å². The topological polar surface area (TPSA) is 15.3 Å². The van der Waals surface area contributed by atoms with Crippen LogP contribution in [0.3, 0.4) is 0 Å². The van der Waals surface area contributed by atoms with Crippen molar-refractivity contribution in [1.82, 2.24) is 10.2 Å². The highest BCUT2D eigenvalue weighted by Gasteiger charge is 2.02. The summed E-state index contributed by atoms with van der Waals surface area (Å²) in [5, 5.41) is 3.30. The second-order valence-corrected chi connectivity index (χ2v) is 2.27. The van der Waals surface area contributed by atoms with E-state index in [1.54, 1.807) is 0 Å². The first kappa shape index (κ1) is 6.62. The van der Waals surface area contributed by atoms with Crippen molar-refractivity contribution in [2.45, 2.75) is 6.92 Å². The second-order valence-electron chi connectivity index (χ2n) is 2.27. The lowest BCUT2D eigenvalue weighted by molar-refractivity contribution is 0.324. The van der Waals surface area contributed by atoms with Crippen LogP contribution in [-0.2, 0) is 0 Å². The third-order valence-corrected chi connectivity index (χ3v) is 1.51. The predicted octanol–water partition coefficient (Wildman–Crippen LogP) is 0.425. The Balaban J connectivity index is 2.23. The lowest BCUT2D eigenvalue weighted by atomic mass is 10.4. The molecule has 2 nitrogen and oxygen atoms in total. The quantitative estimate of drug-likeness (QED) is 0.548. The highest BCUT2D eigenvalue weighted by Crippen LogP contribution is 1.91. The predicted molar refractivity (Wildman–Crippen MR) is 39.3 cm³/mol. The molecule has 1 N–H and O–H groups in total. The molecular formula is C7H14N2. The van der Waals surface area contributed by atoms with Crippen LogP contribution < -0.4 is 5.32 Å². The maximum Gasteiger partial charge on any atom is 0.0298 e. The highest BCUT2D eigenvalue weighted by molar-refractivity contribution is 4.81. The fourth-order valence-electron chi connectivity index (χ4n) is 1.04. The molecule has 1 rings (SSSR count). The summed E-state index contributed by atoms with van der Waals surface area (Å²) in [5.41, 5.74) is 0. The summed E-state index contributed by atoms with van der Waals surface area (Å²) in [7, 11) is 0. The van der Waals surface area contributed by atoms with E-state index in [-0.39, 0.29) is 0 Å². The summed E-state index contributed by atoms with van der Waals surface area (Å²) in [6, 6.07) is 0. The van der Waals surface area contributed by atoms with Gasteiger partial charge in [0.05, 0.1) is 0 Å². The largest absolute Gasteiger partial charge is 0.375 e. The molecule has 1 fully saturated rings. The van der Waals surface area contributed by atoms with Gasteiger partial charge in [0, 0.05) is 26.2 Å². The summed E-state index contributed by atoms with van der Waals surface area (Å²) in [5.74, 6) is 0. The van der Waals surface area contributed by atoms with Crippen LogP contribution >= 0.6 is 0 Å². The number of rotatable bonds is 1. The summed E-state index contributed by atoms with van der Waals surface area (Å²) in [6.45, 7) is 6.63.